The molecular formula is C28H22. The van der Waals surface area contributed by atoms with E-state index in [1.165, 1.54) is 55.7 Å². The summed E-state index contributed by atoms with van der Waals surface area (Å²) >= 11 is 0. The molecule has 28 heavy (non-hydrogen) atoms. The van der Waals surface area contributed by atoms with E-state index in [9.17, 15) is 0 Å². The molecule has 0 radical (unpaired) electrons. The number of allylic oxidation sites excluding steroid dienone is 7. The summed E-state index contributed by atoms with van der Waals surface area (Å²) in [6, 6.07) is 24.4. The summed E-state index contributed by atoms with van der Waals surface area (Å²) in [5.74, 6) is 0. The van der Waals surface area contributed by atoms with Crippen LogP contribution in [-0.2, 0) is 0 Å². The van der Waals surface area contributed by atoms with Gasteiger partial charge in [-0.25, -0.2) is 0 Å². The Kier molecular flexibility index (Phi) is 3.98. The van der Waals surface area contributed by atoms with Gasteiger partial charge < -0.3 is 0 Å². The molecule has 2 aliphatic rings. The molecule has 0 fully saturated rings. The Bertz CT molecular complexity index is 1210. The Morgan fingerprint density at radius 3 is 2.11 bits per heavy atom. The summed E-state index contributed by atoms with van der Waals surface area (Å²) in [5.41, 5.74) is 13.2. The molecule has 0 heteroatoms. The molecule has 0 heterocycles. The Morgan fingerprint density at radius 1 is 0.643 bits per heavy atom. The number of aryl methyl sites for hydroxylation is 1. The number of benzene rings is 3. The summed E-state index contributed by atoms with van der Waals surface area (Å²) in [5, 5.41) is 0. The van der Waals surface area contributed by atoms with Gasteiger partial charge in [0.15, 0.2) is 0 Å². The second-order valence-electron chi connectivity index (χ2n) is 7.41. The molecule has 3 aromatic carbocycles. The van der Waals surface area contributed by atoms with Gasteiger partial charge in [-0.1, -0.05) is 96.6 Å². The van der Waals surface area contributed by atoms with Crippen LogP contribution in [0.15, 0.2) is 97.1 Å². The van der Waals surface area contributed by atoms with E-state index in [1.54, 1.807) is 0 Å². The average molecular weight is 358 g/mol. The minimum absolute atomic E-state index is 1.27. The normalized spacial score (nSPS) is 17.1. The first-order valence-corrected chi connectivity index (χ1v) is 9.84. The van der Waals surface area contributed by atoms with Crippen molar-refractivity contribution in [1.82, 2.24) is 0 Å². The van der Waals surface area contributed by atoms with Crippen LogP contribution in [0.25, 0.3) is 27.8 Å². The molecule has 0 unspecified atom stereocenters. The third-order valence-electron chi connectivity index (χ3n) is 5.61. The van der Waals surface area contributed by atoms with Crippen molar-refractivity contribution in [1.29, 1.82) is 0 Å². The minimum atomic E-state index is 1.27. The first-order valence-electron chi connectivity index (χ1n) is 9.84. The number of fused-ring (bicyclic) bond motifs is 4. The third kappa shape index (κ3) is 2.53. The van der Waals surface area contributed by atoms with Gasteiger partial charge in [0.1, 0.15) is 0 Å². The van der Waals surface area contributed by atoms with E-state index in [4.69, 9.17) is 0 Å². The van der Waals surface area contributed by atoms with Crippen LogP contribution < -0.4 is 0 Å². The van der Waals surface area contributed by atoms with Crippen LogP contribution in [0.1, 0.15) is 34.7 Å². The van der Waals surface area contributed by atoms with Crippen molar-refractivity contribution in [2.45, 2.75) is 13.8 Å². The molecule has 0 aromatic heterocycles. The molecule has 5 rings (SSSR count). The SMILES string of the molecule is C/C=C\C=C/C1=CC(=C2\c3ccccc3-c3ccc(C)cc32)/c2ccccc21. The van der Waals surface area contributed by atoms with Crippen LogP contribution in [0.4, 0.5) is 0 Å². The smallest absolute Gasteiger partial charge is 0.00198 e. The highest BCUT2D eigenvalue weighted by atomic mass is 14.3. The zero-order valence-electron chi connectivity index (χ0n) is 16.2. The van der Waals surface area contributed by atoms with Gasteiger partial charge in [0, 0.05) is 0 Å². The van der Waals surface area contributed by atoms with Gasteiger partial charge in [0.2, 0.25) is 0 Å². The zero-order chi connectivity index (χ0) is 19.1. The Hall–Kier alpha value is -3.38. The molecule has 0 aliphatic heterocycles. The van der Waals surface area contributed by atoms with Gasteiger partial charge >= 0.3 is 0 Å². The van der Waals surface area contributed by atoms with Crippen molar-refractivity contribution >= 4 is 16.7 Å². The summed E-state index contributed by atoms with van der Waals surface area (Å²) in [6.45, 7) is 4.22. The van der Waals surface area contributed by atoms with Crippen LogP contribution in [0, 0.1) is 6.92 Å². The van der Waals surface area contributed by atoms with Gasteiger partial charge in [-0.2, -0.15) is 0 Å². The van der Waals surface area contributed by atoms with Crippen molar-refractivity contribution < 1.29 is 0 Å². The highest BCUT2D eigenvalue weighted by Crippen LogP contribution is 2.50. The van der Waals surface area contributed by atoms with E-state index < -0.39 is 0 Å². The van der Waals surface area contributed by atoms with Gasteiger partial charge in [-0.3, -0.25) is 0 Å². The quantitative estimate of drug-likeness (QED) is 0.326. The largest absolute Gasteiger partial charge is 0.0877 e. The van der Waals surface area contributed by atoms with E-state index in [1.807, 2.05) is 6.92 Å². The molecule has 0 saturated carbocycles. The van der Waals surface area contributed by atoms with Crippen LogP contribution in [0.3, 0.4) is 0 Å². The van der Waals surface area contributed by atoms with Gasteiger partial charge in [-0.05, 0) is 70.0 Å². The summed E-state index contributed by atoms with van der Waals surface area (Å²) in [4.78, 5) is 0. The molecule has 0 spiro atoms. The van der Waals surface area contributed by atoms with Crippen molar-refractivity contribution in [3.05, 3.63) is 125 Å². The summed E-state index contributed by atoms with van der Waals surface area (Å²) in [6.07, 6.45) is 10.8. The van der Waals surface area contributed by atoms with Crippen molar-refractivity contribution in [3.63, 3.8) is 0 Å². The number of hydrogen-bond donors (Lipinski definition) is 0. The molecule has 0 nitrogen and oxygen atoms in total. The van der Waals surface area contributed by atoms with Crippen LogP contribution in [-0.4, -0.2) is 0 Å². The van der Waals surface area contributed by atoms with Crippen LogP contribution in [0.5, 0.6) is 0 Å². The van der Waals surface area contributed by atoms with Crippen molar-refractivity contribution in [3.8, 4) is 11.1 Å². The molecule has 2 aliphatic carbocycles. The monoisotopic (exact) mass is 358 g/mol. The predicted octanol–water partition coefficient (Wildman–Crippen LogP) is 7.46. The highest BCUT2D eigenvalue weighted by Gasteiger charge is 2.28. The lowest BCUT2D eigenvalue weighted by Gasteiger charge is -2.09. The van der Waals surface area contributed by atoms with E-state index >= 15 is 0 Å². The average Bonchev–Trinajstić information content (AvgIpc) is 3.23. The predicted molar refractivity (Wildman–Crippen MR) is 121 cm³/mol. The first-order chi connectivity index (χ1) is 13.8. The molecule has 0 bridgehead atoms. The number of rotatable bonds is 2. The summed E-state index contributed by atoms with van der Waals surface area (Å²) in [7, 11) is 0. The molecular weight excluding hydrogens is 336 g/mol. The van der Waals surface area contributed by atoms with E-state index in [0.717, 1.165) is 0 Å². The lowest BCUT2D eigenvalue weighted by atomic mass is 9.93. The fraction of sp³-hybridized carbons (Fsp3) is 0.0714. The van der Waals surface area contributed by atoms with Gasteiger partial charge in [-0.15, -0.1) is 0 Å². The van der Waals surface area contributed by atoms with Gasteiger partial charge in [0.05, 0.1) is 0 Å². The minimum Gasteiger partial charge on any atom is -0.0877 e. The maximum absolute atomic E-state index is 2.36. The molecule has 3 aromatic rings. The van der Waals surface area contributed by atoms with E-state index in [0.29, 0.717) is 0 Å². The van der Waals surface area contributed by atoms with E-state index in [-0.39, 0.29) is 0 Å². The zero-order valence-corrected chi connectivity index (χ0v) is 16.2. The molecule has 0 N–H and O–H groups in total. The first kappa shape index (κ1) is 16.8. The van der Waals surface area contributed by atoms with Gasteiger partial charge in [0.25, 0.3) is 0 Å². The molecule has 0 saturated heterocycles. The molecule has 0 amide bonds. The van der Waals surface area contributed by atoms with Crippen molar-refractivity contribution in [2.75, 3.05) is 0 Å². The summed E-state index contributed by atoms with van der Waals surface area (Å²) < 4.78 is 0. The topological polar surface area (TPSA) is 0 Å². The fourth-order valence-electron chi connectivity index (χ4n) is 4.37. The Balaban J connectivity index is 1.83. The standard InChI is InChI=1S/C28H22/c1-3-4-5-10-20-18-27(22-12-7-6-11-21(20)22)28-25-14-9-8-13-23(25)24-16-15-19(2)17-26(24)28/h3-18H,1-2H3/b4-3-,10-5-,28-27-. The Labute approximate surface area is 166 Å². The maximum atomic E-state index is 2.36. The lowest BCUT2D eigenvalue weighted by molar-refractivity contribution is 1.46. The third-order valence-corrected chi connectivity index (χ3v) is 5.61. The van der Waals surface area contributed by atoms with Crippen molar-refractivity contribution in [2.24, 2.45) is 0 Å². The van der Waals surface area contributed by atoms with Crippen LogP contribution in [0.2, 0.25) is 0 Å². The number of hydrogen-bond acceptors (Lipinski definition) is 0. The van der Waals surface area contributed by atoms with Crippen LogP contribution >= 0.6 is 0 Å². The van der Waals surface area contributed by atoms with E-state index in [2.05, 4.69) is 104 Å². The lowest BCUT2D eigenvalue weighted by Crippen LogP contribution is -1.89. The maximum Gasteiger partial charge on any atom is -0.00198 e. The molecule has 134 valence electrons. The fourth-order valence-corrected chi connectivity index (χ4v) is 4.37. The second kappa shape index (κ2) is 6.65. The Morgan fingerprint density at radius 2 is 1.32 bits per heavy atom. The highest BCUT2D eigenvalue weighted by molar-refractivity contribution is 6.17. The second-order valence-corrected chi connectivity index (χ2v) is 7.41. The molecule has 0 atom stereocenters.